The van der Waals surface area contributed by atoms with Crippen LogP contribution in [-0.2, 0) is 0 Å². The summed E-state index contributed by atoms with van der Waals surface area (Å²) in [6.45, 7) is 4.58. The Bertz CT molecular complexity index is 2170. The molecule has 0 fully saturated rings. The number of benzene rings is 6. The van der Waals surface area contributed by atoms with Crippen molar-refractivity contribution in [3.05, 3.63) is 145 Å². The number of nitrogens with zero attached hydrogens (tertiary/aromatic N) is 2. The number of fused-ring (bicyclic) bond motifs is 6. The van der Waals surface area contributed by atoms with E-state index in [0.29, 0.717) is 5.92 Å². The normalized spacial score (nSPS) is 12.5. The number of hydrogen-bond donors (Lipinski definition) is 0. The fraction of sp³-hybridized carbons (Fsp3) is 0.100. The molecule has 2 aromatic heterocycles. The highest BCUT2D eigenvalue weighted by atomic mass is 15.0. The molecule has 0 aliphatic rings. The fourth-order valence-electron chi connectivity index (χ4n) is 6.62. The third-order valence-electron chi connectivity index (χ3n) is 9.04. The Kier molecular flexibility index (Phi) is 5.75. The van der Waals surface area contributed by atoms with Gasteiger partial charge in [-0.15, -0.1) is 0 Å². The maximum Gasteiger partial charge on any atom is 0.0541 e. The average molecular weight is 541 g/mol. The van der Waals surface area contributed by atoms with Gasteiger partial charge in [0, 0.05) is 32.9 Å². The second-order valence-electron chi connectivity index (χ2n) is 11.4. The summed E-state index contributed by atoms with van der Waals surface area (Å²) in [5, 5.41) is 5.21. The molecule has 2 heteroatoms. The number of hydrogen-bond acceptors (Lipinski definition) is 0. The van der Waals surface area contributed by atoms with Crippen LogP contribution < -0.4 is 0 Å². The minimum Gasteiger partial charge on any atom is -0.309 e. The van der Waals surface area contributed by atoms with Gasteiger partial charge in [-0.25, -0.2) is 0 Å². The highest BCUT2D eigenvalue weighted by Crippen LogP contribution is 2.36. The SMILES string of the molecule is CCC(C)c1ccc2c(c1)c1ccccc1n2-c1ccc(-c2ccc(-n3c4ccccc4c4ccccc43)cc2)cc1. The lowest BCUT2D eigenvalue weighted by Gasteiger charge is -2.12. The monoisotopic (exact) mass is 540 g/mol. The maximum atomic E-state index is 2.40. The lowest BCUT2D eigenvalue weighted by atomic mass is 9.97. The van der Waals surface area contributed by atoms with Crippen molar-refractivity contribution < 1.29 is 0 Å². The van der Waals surface area contributed by atoms with Gasteiger partial charge in [0.25, 0.3) is 0 Å². The van der Waals surface area contributed by atoms with Crippen LogP contribution >= 0.6 is 0 Å². The number of para-hydroxylation sites is 3. The summed E-state index contributed by atoms with van der Waals surface area (Å²) in [6.07, 6.45) is 1.14. The first kappa shape index (κ1) is 24.7. The first-order valence-corrected chi connectivity index (χ1v) is 14.9. The van der Waals surface area contributed by atoms with E-state index < -0.39 is 0 Å². The highest BCUT2D eigenvalue weighted by molar-refractivity contribution is 6.10. The molecule has 1 unspecified atom stereocenters. The molecule has 42 heavy (non-hydrogen) atoms. The van der Waals surface area contributed by atoms with Crippen molar-refractivity contribution in [2.75, 3.05) is 0 Å². The zero-order chi connectivity index (χ0) is 28.2. The summed E-state index contributed by atoms with van der Waals surface area (Å²) in [5.74, 6) is 0.553. The molecule has 0 N–H and O–H groups in total. The quantitative estimate of drug-likeness (QED) is 0.205. The first-order valence-electron chi connectivity index (χ1n) is 14.9. The van der Waals surface area contributed by atoms with Crippen LogP contribution in [0, 0.1) is 0 Å². The molecule has 8 aromatic rings. The minimum absolute atomic E-state index is 0.553. The molecule has 0 radical (unpaired) electrons. The first-order chi connectivity index (χ1) is 20.7. The van der Waals surface area contributed by atoms with E-state index in [-0.39, 0.29) is 0 Å². The molecule has 8 rings (SSSR count). The Morgan fingerprint density at radius 3 is 1.31 bits per heavy atom. The summed E-state index contributed by atoms with van der Waals surface area (Å²) in [4.78, 5) is 0. The van der Waals surface area contributed by atoms with Crippen molar-refractivity contribution in [2.24, 2.45) is 0 Å². The maximum absolute atomic E-state index is 2.40. The molecular weight excluding hydrogens is 508 g/mol. The van der Waals surface area contributed by atoms with Gasteiger partial charge in [-0.3, -0.25) is 0 Å². The molecule has 202 valence electrons. The van der Waals surface area contributed by atoms with Gasteiger partial charge in [-0.1, -0.05) is 98.8 Å². The summed E-state index contributed by atoms with van der Waals surface area (Å²) < 4.78 is 4.77. The van der Waals surface area contributed by atoms with Crippen molar-refractivity contribution in [3.8, 4) is 22.5 Å². The molecule has 1 atom stereocenters. The van der Waals surface area contributed by atoms with Gasteiger partial charge in [0.15, 0.2) is 0 Å². The molecule has 6 aromatic carbocycles. The van der Waals surface area contributed by atoms with Gasteiger partial charge < -0.3 is 9.13 Å². The number of rotatable bonds is 5. The van der Waals surface area contributed by atoms with E-state index in [9.17, 15) is 0 Å². The molecule has 0 amide bonds. The topological polar surface area (TPSA) is 9.86 Å². The van der Waals surface area contributed by atoms with Crippen LogP contribution in [-0.4, -0.2) is 9.13 Å². The Hall–Kier alpha value is -5.08. The van der Waals surface area contributed by atoms with Gasteiger partial charge in [-0.2, -0.15) is 0 Å². The predicted molar refractivity (Wildman–Crippen MR) is 179 cm³/mol. The van der Waals surface area contributed by atoms with Gasteiger partial charge >= 0.3 is 0 Å². The molecule has 2 nitrogen and oxygen atoms in total. The molecule has 0 saturated carbocycles. The lowest BCUT2D eigenvalue weighted by Crippen LogP contribution is -1.95. The second-order valence-corrected chi connectivity index (χ2v) is 11.4. The molecule has 0 aliphatic heterocycles. The van der Waals surface area contributed by atoms with Gasteiger partial charge in [-0.05, 0) is 83.6 Å². The Morgan fingerprint density at radius 1 is 0.452 bits per heavy atom. The van der Waals surface area contributed by atoms with Crippen LogP contribution in [0.3, 0.4) is 0 Å². The van der Waals surface area contributed by atoms with Crippen molar-refractivity contribution in [2.45, 2.75) is 26.2 Å². The van der Waals surface area contributed by atoms with Crippen molar-refractivity contribution in [1.82, 2.24) is 9.13 Å². The minimum atomic E-state index is 0.553. The van der Waals surface area contributed by atoms with E-state index in [4.69, 9.17) is 0 Å². The summed E-state index contributed by atoms with van der Waals surface area (Å²) in [6, 6.07) is 51.1. The van der Waals surface area contributed by atoms with Crippen LogP contribution in [0.1, 0.15) is 31.7 Å². The second kappa shape index (κ2) is 9.78. The van der Waals surface area contributed by atoms with E-state index in [2.05, 4.69) is 163 Å². The van der Waals surface area contributed by atoms with Gasteiger partial charge in [0.1, 0.15) is 0 Å². The standard InChI is InChI=1S/C40H32N2/c1-3-27(2)30-20-25-40-36(26-30)35-12-6-9-15-39(35)42(40)32-23-18-29(19-24-32)28-16-21-31(22-17-28)41-37-13-7-4-10-33(37)34-11-5-8-14-38(34)41/h4-27H,3H2,1-2H3. The van der Waals surface area contributed by atoms with Crippen LogP contribution in [0.5, 0.6) is 0 Å². The summed E-state index contributed by atoms with van der Waals surface area (Å²) in [7, 11) is 0. The summed E-state index contributed by atoms with van der Waals surface area (Å²) >= 11 is 0. The largest absolute Gasteiger partial charge is 0.309 e. The zero-order valence-corrected chi connectivity index (χ0v) is 24.0. The lowest BCUT2D eigenvalue weighted by molar-refractivity contribution is 0.735. The molecule has 2 heterocycles. The van der Waals surface area contributed by atoms with E-state index >= 15 is 0 Å². The van der Waals surface area contributed by atoms with Crippen molar-refractivity contribution >= 4 is 43.6 Å². The van der Waals surface area contributed by atoms with Gasteiger partial charge in [0.2, 0.25) is 0 Å². The van der Waals surface area contributed by atoms with Crippen LogP contribution in [0.2, 0.25) is 0 Å². The molecule has 0 aliphatic carbocycles. The average Bonchev–Trinajstić information content (AvgIpc) is 3.57. The van der Waals surface area contributed by atoms with E-state index in [0.717, 1.165) is 6.42 Å². The van der Waals surface area contributed by atoms with E-state index in [1.165, 1.54) is 71.7 Å². The molecule has 0 bridgehead atoms. The zero-order valence-electron chi connectivity index (χ0n) is 24.0. The predicted octanol–water partition coefficient (Wildman–Crippen LogP) is 11.1. The smallest absolute Gasteiger partial charge is 0.0541 e. The van der Waals surface area contributed by atoms with E-state index in [1.807, 2.05) is 0 Å². The fourth-order valence-corrected chi connectivity index (χ4v) is 6.62. The molecular formula is C40H32N2. The van der Waals surface area contributed by atoms with Gasteiger partial charge in [0.05, 0.1) is 22.1 Å². The highest BCUT2D eigenvalue weighted by Gasteiger charge is 2.15. The van der Waals surface area contributed by atoms with Crippen LogP contribution in [0.4, 0.5) is 0 Å². The Balaban J connectivity index is 1.18. The Labute approximate surface area is 246 Å². The third kappa shape index (κ3) is 3.79. The Morgan fingerprint density at radius 2 is 0.857 bits per heavy atom. The van der Waals surface area contributed by atoms with Crippen molar-refractivity contribution in [3.63, 3.8) is 0 Å². The van der Waals surface area contributed by atoms with Crippen LogP contribution in [0.15, 0.2) is 140 Å². The number of aromatic nitrogens is 2. The van der Waals surface area contributed by atoms with Crippen LogP contribution in [0.25, 0.3) is 66.1 Å². The molecule has 0 spiro atoms. The van der Waals surface area contributed by atoms with E-state index in [1.54, 1.807) is 0 Å². The molecule has 0 saturated heterocycles. The third-order valence-corrected chi connectivity index (χ3v) is 9.04. The summed E-state index contributed by atoms with van der Waals surface area (Å²) in [5.41, 5.74) is 11.2. The van der Waals surface area contributed by atoms with Crippen molar-refractivity contribution in [1.29, 1.82) is 0 Å².